The molecule has 0 nitrogen and oxygen atoms in total. The maximum absolute atomic E-state index is 11.5. The van der Waals surface area contributed by atoms with Gasteiger partial charge in [-0.2, -0.15) is 52.7 Å². The zero-order chi connectivity index (χ0) is 88.6. The number of hydrogen-bond donors (Lipinski definition) is 0. The molecule has 0 heterocycles. The summed E-state index contributed by atoms with van der Waals surface area (Å²) in [6.45, 7) is 63.1. The molecule has 4 aliphatic rings. The van der Waals surface area contributed by atoms with Gasteiger partial charge in [-0.25, -0.2) is 0 Å². The highest BCUT2D eigenvalue weighted by atomic mass is 19.4. The van der Waals surface area contributed by atoms with Crippen LogP contribution in [-0.2, 0) is 0 Å². The van der Waals surface area contributed by atoms with Crippen LogP contribution in [0.3, 0.4) is 0 Å². The molecule has 12 heteroatoms. The van der Waals surface area contributed by atoms with Gasteiger partial charge in [0, 0.05) is 43.0 Å². The summed E-state index contributed by atoms with van der Waals surface area (Å²) in [4.78, 5) is 0. The predicted molar refractivity (Wildman–Crippen MR) is 400 cm³/mol. The Morgan fingerprint density at radius 1 is 0.452 bits per heavy atom. The van der Waals surface area contributed by atoms with E-state index in [0.717, 1.165) is 63.7 Å². The third kappa shape index (κ3) is 171. The average molecular weight is 1390 g/mol. The molecule has 0 aliphatic heterocycles. The summed E-state index contributed by atoms with van der Waals surface area (Å²) in [5, 5.41) is 0. The summed E-state index contributed by atoms with van der Waals surface area (Å²) in [7, 11) is 0. The molecule has 4 saturated carbocycles. The van der Waals surface area contributed by atoms with E-state index in [1.807, 2.05) is 90.0 Å². The second-order valence-corrected chi connectivity index (χ2v) is 29.9. The molecule has 0 amide bonds. The fourth-order valence-electron chi connectivity index (χ4n) is 6.54. The maximum Gasteiger partial charge on any atom is 0.391 e. The van der Waals surface area contributed by atoms with Crippen molar-refractivity contribution in [3.63, 3.8) is 0 Å². The van der Waals surface area contributed by atoms with E-state index >= 15 is 0 Å². The van der Waals surface area contributed by atoms with Crippen LogP contribution in [0.1, 0.15) is 447 Å². The summed E-state index contributed by atoms with van der Waals surface area (Å²) >= 11 is 0. The maximum atomic E-state index is 11.5. The molecule has 0 radical (unpaired) electrons. The molecular weight excluding hydrogens is 1200 g/mol. The number of unbranched alkanes of at least 4 members (excludes halogenated alkanes) is 1. The molecule has 93 heavy (non-hydrogen) atoms. The van der Waals surface area contributed by atoms with Crippen molar-refractivity contribution >= 4 is 0 Å². The molecule has 0 bridgehead atoms. The molecule has 1 spiro atoms. The molecule has 0 aromatic heterocycles. The minimum absolute atomic E-state index is 0.0556. The van der Waals surface area contributed by atoms with Gasteiger partial charge in [0.15, 0.2) is 0 Å². The van der Waals surface area contributed by atoms with Crippen LogP contribution in [0.2, 0.25) is 0 Å². The van der Waals surface area contributed by atoms with E-state index in [-0.39, 0.29) is 34.9 Å². The Kier molecular flexibility index (Phi) is 71.5. The third-order valence-corrected chi connectivity index (χ3v) is 12.4. The van der Waals surface area contributed by atoms with Crippen molar-refractivity contribution in [2.75, 3.05) is 0 Å². The Morgan fingerprint density at radius 2 is 0.677 bits per heavy atom. The SMILES string of the molecule is CC.CC(C)(C)C.CC(C)C.CC(C)C(F)(F)F.CC(CC(F)(F)F)CC(F)(F)F.CC1CCC2(CCCC2)CC1.CCC.CCCC.CC[C@H](C)CC(F)(F)F.[2H]C(C)(C)C.[2H]C([2H])(C)C(C)(C)C.[2H]C([2H])(C)C(C)C.[2H]C([2H])(C)CC.[2H]C([2H])([2H])C([2H])(C)C.[2H]C1(C)CCCC1.[2H]C1(C)CCCCC1. The van der Waals surface area contributed by atoms with Gasteiger partial charge in [0.1, 0.15) is 0 Å². The first-order valence-electron chi connectivity index (χ1n) is 42.6. The first kappa shape index (κ1) is 88.2. The third-order valence-electron chi connectivity index (χ3n) is 12.4. The van der Waals surface area contributed by atoms with Crippen molar-refractivity contribution < 1.29 is 70.5 Å². The van der Waals surface area contributed by atoms with E-state index in [1.54, 1.807) is 60.3 Å². The van der Waals surface area contributed by atoms with Crippen LogP contribution in [0.25, 0.3) is 0 Å². The Hall–Kier alpha value is -0.840. The van der Waals surface area contributed by atoms with E-state index in [0.29, 0.717) is 18.3 Å². The van der Waals surface area contributed by atoms with Gasteiger partial charge >= 0.3 is 24.7 Å². The summed E-state index contributed by atoms with van der Waals surface area (Å²) in [5.41, 5.74) is 1.12. The molecule has 0 N–H and O–H groups in total. The fraction of sp³-hybridized carbons (Fsp3) is 1.00. The lowest BCUT2D eigenvalue weighted by Gasteiger charge is -2.36. The van der Waals surface area contributed by atoms with Gasteiger partial charge in [0.05, 0.1) is 0 Å². The quantitative estimate of drug-likeness (QED) is 0.223. The van der Waals surface area contributed by atoms with Gasteiger partial charge in [-0.1, -0.05) is 384 Å². The first-order valence-corrected chi connectivity index (χ1v) is 36.1. The highest BCUT2D eigenvalue weighted by Crippen LogP contribution is 2.50. The molecule has 4 rings (SSSR count). The number of hydrogen-bond acceptors (Lipinski definition) is 0. The number of rotatable bonds is 7. The summed E-state index contributed by atoms with van der Waals surface area (Å²) in [5.74, 6) is -2.53. The number of alkyl halides is 12. The van der Waals surface area contributed by atoms with E-state index in [2.05, 4.69) is 83.1 Å². The molecule has 1 atom stereocenters. The largest absolute Gasteiger partial charge is 0.391 e. The second kappa shape index (κ2) is 75.4. The minimum atomic E-state index is -4.51. The van der Waals surface area contributed by atoms with E-state index in [9.17, 15) is 52.7 Å². The molecule has 582 valence electrons. The minimum Gasteiger partial charge on any atom is -0.171 e. The first-order chi connectivity index (χ1) is 46.3. The Labute approximate surface area is 597 Å². The van der Waals surface area contributed by atoms with Crippen molar-refractivity contribution in [2.45, 2.75) is 454 Å². The Balaban J connectivity index is -0.0000000902. The van der Waals surface area contributed by atoms with Crippen molar-refractivity contribution in [3.8, 4) is 0 Å². The molecule has 0 aromatic rings. The summed E-state index contributed by atoms with van der Waals surface area (Å²) in [6, 6.07) is 0. The van der Waals surface area contributed by atoms with Crippen molar-refractivity contribution in [1.29, 1.82) is 0 Å². The van der Waals surface area contributed by atoms with Crippen LogP contribution in [0.4, 0.5) is 52.7 Å². The van der Waals surface area contributed by atoms with Crippen LogP contribution >= 0.6 is 0 Å². The molecule has 0 saturated heterocycles. The van der Waals surface area contributed by atoms with Gasteiger partial charge in [0.2, 0.25) is 0 Å². The lowest BCUT2D eigenvalue weighted by atomic mass is 9.70. The van der Waals surface area contributed by atoms with E-state index in [4.69, 9.17) is 17.8 Å². The number of halogens is 12. The van der Waals surface area contributed by atoms with Gasteiger partial charge < -0.3 is 0 Å². The second-order valence-electron chi connectivity index (χ2n) is 29.9. The normalized spacial score (nSPS) is 19.1. The topological polar surface area (TPSA) is 0 Å². The molecule has 4 fully saturated rings. The van der Waals surface area contributed by atoms with E-state index < -0.39 is 87.7 Å². The van der Waals surface area contributed by atoms with Crippen LogP contribution in [-0.4, -0.2) is 24.7 Å². The van der Waals surface area contributed by atoms with Crippen molar-refractivity contribution in [3.05, 3.63) is 0 Å². The highest BCUT2D eigenvalue weighted by Gasteiger charge is 2.37. The lowest BCUT2D eigenvalue weighted by molar-refractivity contribution is -0.170. The van der Waals surface area contributed by atoms with Crippen LogP contribution in [0.15, 0.2) is 0 Å². The smallest absolute Gasteiger partial charge is 0.171 e. The predicted octanol–water partition coefficient (Wildman–Crippen LogP) is 34.8. The molecule has 0 aromatic carbocycles. The zero-order valence-corrected chi connectivity index (χ0v) is 68.2. The standard InChI is InChI=1S/C11H20.C7H14.C6H8F6.C6H11F3.C6H12.C6H14.2C5H12.C4H7F3.5C4H10.C3H8.C2H6/c1-10-4-8-11(9-5-10)6-2-3-7-11;1-7-5-3-2-4-6-7;1-4(2-5(7,8)9)3-6(10,11)12;1-3-5(2)4-6(7,8)9;1-6-4-2-3-5-6;1-5-6(2,3)4;1-5(2,3)4;1-4-5(2)3;1-3(2)4(5,6)7;3*1-4(2)3;2*1-3-4-2;1-3-2;1-2/h10H,2-9H2,1H3;7H,2-6H2,1H3;4H,2-3H2,1H3;5H,3-4H2,1-2H3;6H,2-5H2,1H3;5H2,1-4H3;1-4H3;5H,4H2,1-3H3;3H,1-2H3;3*4H,1-3H3;2*3-4H2,1-2H3;3H2,1-2H3;1-2H3/t;;;5-;;;;;;;;;;;;/m...0............/s1/i;7D;;;6D;5D2;;4D2;;1D3,4D;4D;;3D2;;;. The summed E-state index contributed by atoms with van der Waals surface area (Å²) < 4.78 is 229. The van der Waals surface area contributed by atoms with Crippen molar-refractivity contribution in [1.82, 2.24) is 0 Å². The highest BCUT2D eigenvalue weighted by molar-refractivity contribution is 4.88. The van der Waals surface area contributed by atoms with Crippen LogP contribution in [0, 0.1) is 75.3 Å². The Morgan fingerprint density at radius 3 is 0.806 bits per heavy atom. The zero-order valence-electron chi connectivity index (χ0n) is 81.2. The van der Waals surface area contributed by atoms with Gasteiger partial charge in [-0.3, -0.25) is 0 Å². The van der Waals surface area contributed by atoms with Crippen molar-refractivity contribution in [2.24, 2.45) is 75.3 Å². The lowest BCUT2D eigenvalue weighted by Crippen LogP contribution is -2.23. The van der Waals surface area contributed by atoms with Gasteiger partial charge in [-0.05, 0) is 95.1 Å². The van der Waals surface area contributed by atoms with E-state index in [1.165, 1.54) is 90.9 Å². The molecule has 0 unspecified atom stereocenters. The molecular formula is C81H174F12. The Bertz CT molecular complexity index is 1710. The molecule has 4 aliphatic carbocycles. The van der Waals surface area contributed by atoms with Gasteiger partial charge in [0.25, 0.3) is 0 Å². The monoisotopic (exact) mass is 1390 g/mol. The summed E-state index contributed by atoms with van der Waals surface area (Å²) in [6.07, 6.45) is 4.88. The average Bonchev–Trinajstić information content (AvgIpc) is 1.67. The van der Waals surface area contributed by atoms with Crippen LogP contribution in [0.5, 0.6) is 0 Å². The fourth-order valence-corrected chi connectivity index (χ4v) is 6.54. The van der Waals surface area contributed by atoms with Crippen LogP contribution < -0.4 is 0 Å². The van der Waals surface area contributed by atoms with Gasteiger partial charge in [-0.15, -0.1) is 0 Å².